The smallest absolute Gasteiger partial charge is 0.410 e. The Balaban J connectivity index is 1.43. The molecule has 12 nitrogen and oxygen atoms in total. The quantitative estimate of drug-likeness (QED) is 0.162. The van der Waals surface area contributed by atoms with Gasteiger partial charge in [0.05, 0.1) is 10.5 Å². The van der Waals surface area contributed by atoms with E-state index in [0.29, 0.717) is 59.5 Å². The molecule has 0 spiro atoms. The van der Waals surface area contributed by atoms with E-state index in [-0.39, 0.29) is 30.5 Å². The van der Waals surface area contributed by atoms with Crippen molar-refractivity contribution in [3.8, 4) is 11.3 Å². The van der Waals surface area contributed by atoms with E-state index in [1.54, 1.807) is 21.2 Å². The van der Waals surface area contributed by atoms with Gasteiger partial charge in [0.25, 0.3) is 5.56 Å². The molecule has 0 N–H and O–H groups in total. The third kappa shape index (κ3) is 6.66. The van der Waals surface area contributed by atoms with Gasteiger partial charge in [-0.1, -0.05) is 31.2 Å². The lowest BCUT2D eigenvalue weighted by molar-refractivity contribution is 0.0153. The largest absolute Gasteiger partial charge is 0.444 e. The van der Waals surface area contributed by atoms with E-state index in [1.165, 1.54) is 0 Å². The molecule has 2 unspecified atom stereocenters. The summed E-state index contributed by atoms with van der Waals surface area (Å²) < 4.78 is 17.0. The van der Waals surface area contributed by atoms with E-state index >= 15 is 0 Å². The van der Waals surface area contributed by atoms with Crippen molar-refractivity contribution in [3.05, 3.63) is 33.7 Å². The van der Waals surface area contributed by atoms with Crippen molar-refractivity contribution in [3.63, 3.8) is 0 Å². The summed E-state index contributed by atoms with van der Waals surface area (Å²) in [6.45, 7) is 17.1. The van der Waals surface area contributed by atoms with Crippen LogP contribution in [0.3, 0.4) is 0 Å². The van der Waals surface area contributed by atoms with Crippen molar-refractivity contribution in [1.29, 1.82) is 0 Å². The molecule has 2 bridgehead atoms. The van der Waals surface area contributed by atoms with Crippen LogP contribution < -0.4 is 10.5 Å². The summed E-state index contributed by atoms with van der Waals surface area (Å²) in [5.74, 6) is 0.571. The Bertz CT molecular complexity index is 1860. The van der Waals surface area contributed by atoms with Gasteiger partial charge >= 0.3 is 6.09 Å². The Kier molecular flexibility index (Phi) is 8.94. The number of hydrogen-bond donors (Lipinski definition) is 0. The zero-order valence-electron chi connectivity index (χ0n) is 28.8. The average molecular weight is 683 g/mol. The van der Waals surface area contributed by atoms with Crippen molar-refractivity contribution in [2.75, 3.05) is 24.6 Å². The molecule has 3 aromatic heterocycles. The van der Waals surface area contributed by atoms with E-state index < -0.39 is 13.7 Å². The highest BCUT2D eigenvalue weighted by atomic mass is 35.5. The van der Waals surface area contributed by atoms with Gasteiger partial charge < -0.3 is 19.3 Å². The number of piperidine rings is 1. The lowest BCUT2D eigenvalue weighted by atomic mass is 9.91. The van der Waals surface area contributed by atoms with Gasteiger partial charge in [-0.15, -0.1) is 0 Å². The molecule has 2 aliphatic rings. The van der Waals surface area contributed by atoms with Gasteiger partial charge in [0.15, 0.2) is 5.65 Å². The maximum absolute atomic E-state index is 14.4. The predicted molar refractivity (Wildman–Crippen MR) is 188 cm³/mol. The molecule has 0 saturated carbocycles. The normalized spacial score (nSPS) is 18.8. The highest BCUT2D eigenvalue weighted by Crippen LogP contribution is 2.38. The molecule has 14 heteroatoms. The molecule has 2 saturated heterocycles. The number of aryl methyl sites for hydroxylation is 1. The molecule has 4 aromatic rings. The minimum Gasteiger partial charge on any atom is -0.444 e. The van der Waals surface area contributed by atoms with Gasteiger partial charge in [-0.05, 0) is 65.1 Å². The van der Waals surface area contributed by atoms with Crippen LogP contribution in [0.25, 0.3) is 33.2 Å². The first-order valence-corrected chi connectivity index (χ1v) is 20.7. The van der Waals surface area contributed by atoms with Crippen LogP contribution in [0.1, 0.15) is 47.0 Å². The summed E-state index contributed by atoms with van der Waals surface area (Å²) in [6, 6.07) is 4.80. The van der Waals surface area contributed by atoms with Gasteiger partial charge in [-0.2, -0.15) is 15.2 Å². The lowest BCUT2D eigenvalue weighted by Gasteiger charge is -2.50. The van der Waals surface area contributed by atoms with Crippen LogP contribution in [-0.2, 0) is 29.8 Å². The maximum Gasteiger partial charge on any atom is 0.410 e. The molecule has 1 amide bonds. The van der Waals surface area contributed by atoms with Crippen LogP contribution >= 0.6 is 11.6 Å². The Morgan fingerprint density at radius 2 is 1.81 bits per heavy atom. The number of fused-ring (bicyclic) bond motifs is 4. The number of hydrogen-bond acceptors (Lipinski definition) is 8. The molecule has 1 aromatic carbocycles. The van der Waals surface area contributed by atoms with Crippen molar-refractivity contribution in [2.24, 2.45) is 7.05 Å². The molecule has 0 radical (unpaired) electrons. The SMILES string of the molecule is CCn1cc2c(Cl)c(-c3nn(COCC[Si](C)(C)C)c4nc(N5C6CCCC5CN(C(=O)OC(C)(C)C)C6)n(C)c(=O)c34)ccc2n1. The number of carbonyl (C=O) groups excluding carboxylic acids is 1. The highest BCUT2D eigenvalue weighted by molar-refractivity contribution is 6.76. The van der Waals surface area contributed by atoms with Gasteiger partial charge in [0.1, 0.15) is 23.4 Å². The molecule has 2 atom stereocenters. The first-order valence-electron chi connectivity index (χ1n) is 16.6. The summed E-state index contributed by atoms with van der Waals surface area (Å²) >= 11 is 7.01. The lowest BCUT2D eigenvalue weighted by Crippen LogP contribution is -2.63. The van der Waals surface area contributed by atoms with Crippen LogP contribution in [0.15, 0.2) is 23.1 Å². The number of nitrogens with zero attached hydrogens (tertiary/aromatic N) is 8. The number of anilines is 1. The first kappa shape index (κ1) is 33.5. The number of aromatic nitrogens is 6. The Morgan fingerprint density at radius 1 is 1.11 bits per heavy atom. The van der Waals surface area contributed by atoms with Gasteiger partial charge in [0.2, 0.25) is 5.95 Å². The summed E-state index contributed by atoms with van der Waals surface area (Å²) in [6.07, 6.45) is 4.43. The second-order valence-corrected chi connectivity index (χ2v) is 21.0. The van der Waals surface area contributed by atoms with E-state index in [0.717, 1.165) is 36.2 Å². The molecule has 2 aliphatic heterocycles. The molecule has 6 rings (SSSR count). The van der Waals surface area contributed by atoms with Crippen LogP contribution in [0.2, 0.25) is 30.7 Å². The number of rotatable bonds is 8. The second-order valence-electron chi connectivity index (χ2n) is 15.0. The number of piperazine rings is 1. The maximum atomic E-state index is 14.4. The highest BCUT2D eigenvalue weighted by Gasteiger charge is 2.42. The number of likely N-dealkylation sites (tertiary alicyclic amines) is 1. The molecule has 254 valence electrons. The van der Waals surface area contributed by atoms with Crippen molar-refractivity contribution >= 4 is 53.7 Å². The fourth-order valence-corrected chi connectivity index (χ4v) is 7.65. The Morgan fingerprint density at radius 3 is 2.45 bits per heavy atom. The van der Waals surface area contributed by atoms with E-state index in [1.807, 2.05) is 50.7 Å². The third-order valence-electron chi connectivity index (χ3n) is 9.02. The zero-order chi connectivity index (χ0) is 33.8. The fourth-order valence-electron chi connectivity index (χ4n) is 6.59. The molecule has 0 aliphatic carbocycles. The molecular formula is C33H47ClN8O4Si. The van der Waals surface area contributed by atoms with Gasteiger partial charge in [0, 0.05) is 70.6 Å². The van der Waals surface area contributed by atoms with Crippen molar-refractivity contribution in [2.45, 2.75) is 104 Å². The minimum atomic E-state index is -1.31. The second kappa shape index (κ2) is 12.6. The van der Waals surface area contributed by atoms with Crippen molar-refractivity contribution < 1.29 is 14.3 Å². The number of amides is 1. The topological polar surface area (TPSA) is 113 Å². The Labute approximate surface area is 281 Å². The Hall–Kier alpha value is -3.42. The molecule has 5 heterocycles. The minimum absolute atomic E-state index is 0.00126. The average Bonchev–Trinajstić information content (AvgIpc) is 3.57. The number of ether oxygens (including phenoxy) is 2. The molecule has 47 heavy (non-hydrogen) atoms. The fraction of sp³-hybridized carbons (Fsp3) is 0.606. The standard InChI is InChI=1S/C33H47ClN8O4Si/c1-9-40-19-24-25(36-40)14-13-23(27(24)34)28-26-29(41(37-28)20-45-15-16-47(6,7)8)35-31(38(5)30(26)43)42-21-11-10-12-22(42)18-39(17-21)32(44)46-33(2,3)4/h13-14,19,21-22H,9-12,15-18,20H2,1-8H3. The summed E-state index contributed by atoms with van der Waals surface area (Å²) in [4.78, 5) is 36.7. The summed E-state index contributed by atoms with van der Waals surface area (Å²) in [5.41, 5.74) is 1.58. The number of halogens is 1. The summed E-state index contributed by atoms with van der Waals surface area (Å²) in [5, 5.41) is 11.2. The van der Waals surface area contributed by atoms with Crippen molar-refractivity contribution in [1.82, 2.24) is 34.0 Å². The van der Waals surface area contributed by atoms with Gasteiger partial charge in [-0.25, -0.2) is 9.48 Å². The van der Waals surface area contributed by atoms with Crippen LogP contribution in [0, 0.1) is 0 Å². The van der Waals surface area contributed by atoms with Gasteiger partial charge in [-0.3, -0.25) is 14.0 Å². The predicted octanol–water partition coefficient (Wildman–Crippen LogP) is 6.11. The summed E-state index contributed by atoms with van der Waals surface area (Å²) in [7, 11) is 0.453. The van der Waals surface area contributed by atoms with Crippen LogP contribution in [0.5, 0.6) is 0 Å². The van der Waals surface area contributed by atoms with E-state index in [9.17, 15) is 9.59 Å². The first-order chi connectivity index (χ1) is 22.1. The third-order valence-corrected chi connectivity index (χ3v) is 11.1. The van der Waals surface area contributed by atoms with Crippen LogP contribution in [-0.4, -0.2) is 85.6 Å². The molecular weight excluding hydrogens is 636 g/mol. The van der Waals surface area contributed by atoms with E-state index in [4.69, 9.17) is 31.2 Å². The zero-order valence-corrected chi connectivity index (χ0v) is 30.6. The van der Waals surface area contributed by atoms with Crippen LogP contribution in [0.4, 0.5) is 10.7 Å². The molecule has 2 fully saturated rings. The number of carbonyl (C=O) groups is 1. The number of benzene rings is 1. The monoisotopic (exact) mass is 682 g/mol. The van der Waals surface area contributed by atoms with E-state index in [2.05, 4.69) is 29.6 Å².